The highest BCUT2D eigenvalue weighted by molar-refractivity contribution is 5.89. The molecule has 4 rings (SSSR count). The topological polar surface area (TPSA) is 101 Å². The van der Waals surface area contributed by atoms with E-state index >= 15 is 0 Å². The molecule has 0 amide bonds. The van der Waals surface area contributed by atoms with Gasteiger partial charge in [-0.1, -0.05) is 48.5 Å². The number of para-hydroxylation sites is 1. The Morgan fingerprint density at radius 1 is 1.03 bits per heavy atom. The molecule has 2 aromatic carbocycles. The third kappa shape index (κ3) is 3.96. The Balaban J connectivity index is 1.70. The number of H-pyrrole nitrogens is 1. The fraction of sp³-hybridized carbons (Fsp3) is 0.0952. The Morgan fingerprint density at radius 3 is 2.55 bits per heavy atom. The SMILES string of the molecule is Cc1ccccc1-n1cc(/C=N\Nc2nnc(C)c(=O)[nH]2)c(-c2ccccc2)n1. The summed E-state index contributed by atoms with van der Waals surface area (Å²) in [4.78, 5) is 14.2. The molecule has 4 aromatic rings. The molecule has 2 N–H and O–H groups in total. The van der Waals surface area contributed by atoms with Gasteiger partial charge in [0.15, 0.2) is 0 Å². The largest absolute Gasteiger partial charge is 0.288 e. The van der Waals surface area contributed by atoms with Gasteiger partial charge in [-0.25, -0.2) is 10.1 Å². The van der Waals surface area contributed by atoms with Crippen molar-refractivity contribution in [3.05, 3.63) is 88.0 Å². The molecule has 2 heterocycles. The van der Waals surface area contributed by atoms with Crippen molar-refractivity contribution < 1.29 is 0 Å². The number of benzene rings is 2. The quantitative estimate of drug-likeness (QED) is 0.406. The van der Waals surface area contributed by atoms with Crippen LogP contribution in [-0.4, -0.2) is 31.2 Å². The molecule has 0 spiro atoms. The minimum Gasteiger partial charge on any atom is -0.288 e. The van der Waals surface area contributed by atoms with E-state index in [0.717, 1.165) is 28.1 Å². The standard InChI is InChI=1S/C21H19N7O/c1-14-8-6-7-11-18(14)28-13-17(19(27-28)16-9-4-3-5-10-16)12-22-25-21-23-20(29)15(2)24-26-21/h3-13H,1-2H3,(H2,23,25,26,29)/b22-12-. The van der Waals surface area contributed by atoms with Crippen molar-refractivity contribution in [3.8, 4) is 16.9 Å². The Morgan fingerprint density at radius 2 is 1.79 bits per heavy atom. The maximum absolute atomic E-state index is 11.6. The number of hydrogen-bond donors (Lipinski definition) is 2. The molecule has 0 radical (unpaired) electrons. The van der Waals surface area contributed by atoms with Crippen LogP contribution in [0.15, 0.2) is 70.7 Å². The normalized spacial score (nSPS) is 11.1. The third-order valence-electron chi connectivity index (χ3n) is 4.39. The summed E-state index contributed by atoms with van der Waals surface area (Å²) in [5.41, 5.74) is 7.38. The first-order chi connectivity index (χ1) is 14.1. The van der Waals surface area contributed by atoms with Crippen LogP contribution in [0.5, 0.6) is 0 Å². The number of hydrazone groups is 1. The number of nitrogens with one attached hydrogen (secondary N) is 2. The molecule has 2 aromatic heterocycles. The van der Waals surface area contributed by atoms with Crippen LogP contribution in [0.4, 0.5) is 5.95 Å². The van der Waals surface area contributed by atoms with Crippen molar-refractivity contribution in [2.45, 2.75) is 13.8 Å². The summed E-state index contributed by atoms with van der Waals surface area (Å²) >= 11 is 0. The molecule has 8 heteroatoms. The predicted molar refractivity (Wildman–Crippen MR) is 112 cm³/mol. The summed E-state index contributed by atoms with van der Waals surface area (Å²) in [7, 11) is 0. The number of aryl methyl sites for hydroxylation is 2. The zero-order valence-corrected chi connectivity index (χ0v) is 16.0. The average Bonchev–Trinajstić information content (AvgIpc) is 3.15. The molecule has 144 valence electrons. The fourth-order valence-corrected chi connectivity index (χ4v) is 2.85. The van der Waals surface area contributed by atoms with E-state index in [2.05, 4.69) is 25.7 Å². The van der Waals surface area contributed by atoms with Gasteiger partial charge in [0.1, 0.15) is 11.4 Å². The summed E-state index contributed by atoms with van der Waals surface area (Å²) in [6.07, 6.45) is 3.56. The van der Waals surface area contributed by atoms with E-state index in [1.54, 1.807) is 13.1 Å². The number of hydrogen-bond acceptors (Lipinski definition) is 6. The maximum atomic E-state index is 11.6. The van der Waals surface area contributed by atoms with Gasteiger partial charge in [0.05, 0.1) is 11.9 Å². The van der Waals surface area contributed by atoms with Crippen LogP contribution in [0.2, 0.25) is 0 Å². The number of nitrogens with zero attached hydrogens (tertiary/aromatic N) is 5. The Kier molecular flexibility index (Phi) is 4.98. The molecule has 0 aliphatic carbocycles. The van der Waals surface area contributed by atoms with Gasteiger partial charge in [0.2, 0.25) is 5.95 Å². The molecule has 0 aliphatic heterocycles. The molecule has 0 saturated heterocycles. The lowest BCUT2D eigenvalue weighted by Gasteiger charge is -2.04. The van der Waals surface area contributed by atoms with E-state index in [4.69, 9.17) is 5.10 Å². The number of anilines is 1. The summed E-state index contributed by atoms with van der Waals surface area (Å²) in [5, 5.41) is 16.6. The van der Waals surface area contributed by atoms with Crippen LogP contribution in [0, 0.1) is 13.8 Å². The molecule has 8 nitrogen and oxygen atoms in total. The predicted octanol–water partition coefficient (Wildman–Crippen LogP) is 3.08. The Hall–Kier alpha value is -4.07. The maximum Gasteiger partial charge on any atom is 0.274 e. The van der Waals surface area contributed by atoms with Gasteiger partial charge in [-0.15, -0.1) is 10.2 Å². The molecule has 0 saturated carbocycles. The van der Waals surface area contributed by atoms with Crippen molar-refractivity contribution in [1.29, 1.82) is 0 Å². The van der Waals surface area contributed by atoms with Crippen LogP contribution >= 0.6 is 0 Å². The van der Waals surface area contributed by atoms with E-state index in [9.17, 15) is 4.79 Å². The van der Waals surface area contributed by atoms with E-state index < -0.39 is 0 Å². The van der Waals surface area contributed by atoms with Gasteiger partial charge < -0.3 is 0 Å². The van der Waals surface area contributed by atoms with Crippen molar-refractivity contribution in [3.63, 3.8) is 0 Å². The second-order valence-corrected chi connectivity index (χ2v) is 6.49. The van der Waals surface area contributed by atoms with Crippen molar-refractivity contribution >= 4 is 12.2 Å². The first-order valence-corrected chi connectivity index (χ1v) is 9.05. The lowest BCUT2D eigenvalue weighted by atomic mass is 10.1. The second kappa shape index (κ2) is 7.89. The monoisotopic (exact) mass is 385 g/mol. The summed E-state index contributed by atoms with van der Waals surface area (Å²) in [5.74, 6) is 0.171. The first kappa shape index (κ1) is 18.3. The van der Waals surface area contributed by atoms with Crippen LogP contribution in [0.3, 0.4) is 0 Å². The molecule has 29 heavy (non-hydrogen) atoms. The van der Waals surface area contributed by atoms with Crippen LogP contribution < -0.4 is 11.0 Å². The number of rotatable bonds is 5. The third-order valence-corrected chi connectivity index (χ3v) is 4.39. The van der Waals surface area contributed by atoms with E-state index in [0.29, 0.717) is 5.69 Å². The minimum atomic E-state index is -0.310. The van der Waals surface area contributed by atoms with Crippen molar-refractivity contribution in [2.24, 2.45) is 5.10 Å². The lowest BCUT2D eigenvalue weighted by molar-refractivity contribution is 0.876. The summed E-state index contributed by atoms with van der Waals surface area (Å²) in [6, 6.07) is 17.9. The second-order valence-electron chi connectivity index (χ2n) is 6.49. The summed E-state index contributed by atoms with van der Waals surface area (Å²) in [6.45, 7) is 3.63. The zero-order chi connectivity index (χ0) is 20.2. The molecule has 0 atom stereocenters. The van der Waals surface area contributed by atoms with Crippen molar-refractivity contribution in [1.82, 2.24) is 25.0 Å². The lowest BCUT2D eigenvalue weighted by Crippen LogP contribution is -2.15. The molecule has 0 fully saturated rings. The van der Waals surface area contributed by atoms with E-state index in [1.165, 1.54) is 0 Å². The number of aromatic amines is 1. The zero-order valence-electron chi connectivity index (χ0n) is 16.0. The summed E-state index contributed by atoms with van der Waals surface area (Å²) < 4.78 is 1.84. The van der Waals surface area contributed by atoms with Gasteiger partial charge >= 0.3 is 0 Å². The average molecular weight is 385 g/mol. The highest BCUT2D eigenvalue weighted by Gasteiger charge is 2.12. The highest BCUT2D eigenvalue weighted by atomic mass is 16.1. The van der Waals surface area contributed by atoms with Gasteiger partial charge in [0, 0.05) is 17.3 Å². The molecule has 0 unspecified atom stereocenters. The van der Waals surface area contributed by atoms with Gasteiger partial charge in [-0.05, 0) is 25.5 Å². The van der Waals surface area contributed by atoms with E-state index in [1.807, 2.05) is 72.4 Å². The molecular weight excluding hydrogens is 366 g/mol. The van der Waals surface area contributed by atoms with Crippen LogP contribution in [0.1, 0.15) is 16.8 Å². The van der Waals surface area contributed by atoms with Crippen LogP contribution in [0.25, 0.3) is 16.9 Å². The van der Waals surface area contributed by atoms with Gasteiger partial charge in [0.25, 0.3) is 5.56 Å². The molecular formula is C21H19N7O. The Labute approximate surface area is 167 Å². The van der Waals surface area contributed by atoms with Crippen molar-refractivity contribution in [2.75, 3.05) is 5.43 Å². The Bertz CT molecular complexity index is 1230. The highest BCUT2D eigenvalue weighted by Crippen LogP contribution is 2.23. The van der Waals surface area contributed by atoms with Gasteiger partial charge in [-0.2, -0.15) is 10.2 Å². The minimum absolute atomic E-state index is 0.171. The van der Waals surface area contributed by atoms with Crippen LogP contribution in [-0.2, 0) is 0 Å². The smallest absolute Gasteiger partial charge is 0.274 e. The number of aromatic nitrogens is 5. The fourth-order valence-electron chi connectivity index (χ4n) is 2.85. The van der Waals surface area contributed by atoms with E-state index in [-0.39, 0.29) is 11.5 Å². The molecule has 0 aliphatic rings. The van der Waals surface area contributed by atoms with Gasteiger partial charge in [-0.3, -0.25) is 9.78 Å². The first-order valence-electron chi connectivity index (χ1n) is 9.05. The molecule has 0 bridgehead atoms.